The topological polar surface area (TPSA) is 55.6 Å². The van der Waals surface area contributed by atoms with Gasteiger partial charge < -0.3 is 14.5 Å². The fraction of sp³-hybridized carbons (Fsp3) is 0.125. The third-order valence-corrected chi connectivity index (χ3v) is 3.28. The van der Waals surface area contributed by atoms with Crippen molar-refractivity contribution in [2.24, 2.45) is 0 Å². The fourth-order valence-electron chi connectivity index (χ4n) is 2.29. The number of benzene rings is 1. The minimum absolute atomic E-state index is 0.216. The van der Waals surface area contributed by atoms with Crippen LogP contribution >= 0.6 is 0 Å². The molecule has 1 N–H and O–H groups in total. The third-order valence-electron chi connectivity index (χ3n) is 3.28. The molecule has 2 aromatic heterocycles. The van der Waals surface area contributed by atoms with Crippen LogP contribution in [0.4, 0.5) is 18.9 Å². The zero-order valence-electron chi connectivity index (χ0n) is 12.5. The number of rotatable bonds is 3. The zero-order valence-corrected chi connectivity index (χ0v) is 12.5. The number of hydrogen-bond acceptors (Lipinski definition) is 3. The molecular weight excluding hydrogens is 323 g/mol. The summed E-state index contributed by atoms with van der Waals surface area (Å²) in [4.78, 5) is 16.4. The largest absolute Gasteiger partial charge is 0.573 e. The van der Waals surface area contributed by atoms with Crippen molar-refractivity contribution in [2.75, 3.05) is 5.32 Å². The van der Waals surface area contributed by atoms with Crippen LogP contribution in [0.3, 0.4) is 0 Å². The van der Waals surface area contributed by atoms with Gasteiger partial charge in [-0.2, -0.15) is 0 Å². The van der Waals surface area contributed by atoms with Crippen LogP contribution in [-0.2, 0) is 0 Å². The van der Waals surface area contributed by atoms with Crippen LogP contribution in [0, 0.1) is 6.92 Å². The smallest absolute Gasteiger partial charge is 0.406 e. The molecule has 124 valence electrons. The van der Waals surface area contributed by atoms with Crippen LogP contribution in [-0.4, -0.2) is 21.7 Å². The van der Waals surface area contributed by atoms with Crippen LogP contribution < -0.4 is 10.1 Å². The summed E-state index contributed by atoms with van der Waals surface area (Å²) in [7, 11) is 0. The van der Waals surface area contributed by atoms with Gasteiger partial charge in [-0.15, -0.1) is 13.2 Å². The van der Waals surface area contributed by atoms with E-state index in [2.05, 4.69) is 15.0 Å². The van der Waals surface area contributed by atoms with Gasteiger partial charge in [-0.3, -0.25) is 4.79 Å². The Hall–Kier alpha value is -3.03. The van der Waals surface area contributed by atoms with E-state index in [1.165, 1.54) is 12.1 Å². The monoisotopic (exact) mass is 335 g/mol. The number of amides is 1. The van der Waals surface area contributed by atoms with Crippen molar-refractivity contribution < 1.29 is 22.7 Å². The van der Waals surface area contributed by atoms with E-state index in [4.69, 9.17) is 0 Å². The maximum Gasteiger partial charge on any atom is 0.573 e. The van der Waals surface area contributed by atoms with Gasteiger partial charge in [0.1, 0.15) is 11.4 Å². The van der Waals surface area contributed by atoms with Crippen molar-refractivity contribution in [1.29, 1.82) is 0 Å². The number of fused-ring (bicyclic) bond motifs is 1. The molecule has 0 atom stereocenters. The van der Waals surface area contributed by atoms with E-state index in [-0.39, 0.29) is 11.3 Å². The number of nitrogens with one attached hydrogen (secondary N) is 1. The molecule has 0 fully saturated rings. The number of ether oxygens (including phenoxy) is 1. The van der Waals surface area contributed by atoms with Crippen LogP contribution in [0.25, 0.3) is 5.65 Å². The van der Waals surface area contributed by atoms with E-state index in [1.807, 2.05) is 6.92 Å². The predicted octanol–water partition coefficient (Wildman–Crippen LogP) is 3.79. The number of alkyl halides is 3. The van der Waals surface area contributed by atoms with Crippen molar-refractivity contribution in [3.05, 3.63) is 60.0 Å². The number of carbonyl (C=O) groups excluding carboxylic acids is 1. The Morgan fingerprint density at radius 1 is 1.25 bits per heavy atom. The van der Waals surface area contributed by atoms with E-state index >= 15 is 0 Å². The first-order valence-corrected chi connectivity index (χ1v) is 6.92. The summed E-state index contributed by atoms with van der Waals surface area (Å²) in [5.74, 6) is -0.817. The second-order valence-corrected chi connectivity index (χ2v) is 5.10. The number of hydrogen-bond donors (Lipinski definition) is 1. The summed E-state index contributed by atoms with van der Waals surface area (Å²) in [6.07, 6.45) is 0.338. The SMILES string of the molecule is Cc1cc(NC(=O)c2ccc(OC(F)(F)F)cc2)cn2ccnc12. The Morgan fingerprint density at radius 3 is 2.62 bits per heavy atom. The molecular formula is C16H12F3N3O2. The Bertz CT molecular complexity index is 886. The first kappa shape index (κ1) is 15.9. The lowest BCUT2D eigenvalue weighted by atomic mass is 10.2. The minimum Gasteiger partial charge on any atom is -0.406 e. The number of aryl methyl sites for hydroxylation is 1. The Balaban J connectivity index is 1.76. The van der Waals surface area contributed by atoms with Gasteiger partial charge in [-0.25, -0.2) is 4.98 Å². The first-order chi connectivity index (χ1) is 11.3. The number of imidazole rings is 1. The quantitative estimate of drug-likeness (QED) is 0.792. The standard InChI is InChI=1S/C16H12F3N3O2/c1-10-8-12(9-22-7-6-20-14(10)22)21-15(23)11-2-4-13(5-3-11)24-16(17,18)19/h2-9H,1H3,(H,21,23). The van der Waals surface area contributed by atoms with Gasteiger partial charge in [0.05, 0.1) is 5.69 Å². The maximum atomic E-state index is 12.2. The van der Waals surface area contributed by atoms with Gasteiger partial charge >= 0.3 is 6.36 Å². The third kappa shape index (κ3) is 3.48. The van der Waals surface area contributed by atoms with Crippen LogP contribution in [0.1, 0.15) is 15.9 Å². The lowest BCUT2D eigenvalue weighted by molar-refractivity contribution is -0.274. The van der Waals surface area contributed by atoms with E-state index in [1.54, 1.807) is 29.1 Å². The van der Waals surface area contributed by atoms with Crippen LogP contribution in [0.15, 0.2) is 48.9 Å². The van der Waals surface area contributed by atoms with Gasteiger partial charge in [-0.1, -0.05) is 0 Å². The average molecular weight is 335 g/mol. The second-order valence-electron chi connectivity index (χ2n) is 5.10. The summed E-state index contributed by atoms with van der Waals surface area (Å²) in [6, 6.07) is 6.47. The highest BCUT2D eigenvalue weighted by Crippen LogP contribution is 2.23. The van der Waals surface area contributed by atoms with Crippen LogP contribution in [0.5, 0.6) is 5.75 Å². The molecule has 3 aromatic rings. The molecule has 0 bridgehead atoms. The number of carbonyl (C=O) groups is 1. The summed E-state index contributed by atoms with van der Waals surface area (Å²) >= 11 is 0. The van der Waals surface area contributed by atoms with Gasteiger partial charge in [-0.05, 0) is 42.8 Å². The lowest BCUT2D eigenvalue weighted by Crippen LogP contribution is -2.17. The Labute approximate surface area is 134 Å². The molecule has 0 saturated heterocycles. The lowest BCUT2D eigenvalue weighted by Gasteiger charge is -2.10. The summed E-state index contributed by atoms with van der Waals surface area (Å²) in [5, 5.41) is 2.70. The second kappa shape index (κ2) is 5.88. The average Bonchev–Trinajstić information content (AvgIpc) is 2.95. The van der Waals surface area contributed by atoms with Crippen LogP contribution in [0.2, 0.25) is 0 Å². The summed E-state index contributed by atoms with van der Waals surface area (Å²) < 4.78 is 41.9. The van der Waals surface area contributed by atoms with Crippen molar-refractivity contribution >= 4 is 17.2 Å². The summed E-state index contributed by atoms with van der Waals surface area (Å²) in [6.45, 7) is 1.86. The van der Waals surface area contributed by atoms with Gasteiger partial charge in [0.2, 0.25) is 0 Å². The number of halogens is 3. The number of aromatic nitrogens is 2. The molecule has 0 spiro atoms. The molecule has 3 rings (SSSR count). The molecule has 1 aromatic carbocycles. The highest BCUT2D eigenvalue weighted by Gasteiger charge is 2.31. The van der Waals surface area contributed by atoms with Crippen molar-refractivity contribution in [1.82, 2.24) is 9.38 Å². The summed E-state index contributed by atoms with van der Waals surface area (Å²) in [5.41, 5.74) is 2.43. The molecule has 8 heteroatoms. The van der Waals surface area contributed by atoms with E-state index in [9.17, 15) is 18.0 Å². The predicted molar refractivity (Wildman–Crippen MR) is 81.0 cm³/mol. The molecule has 0 aliphatic rings. The molecule has 24 heavy (non-hydrogen) atoms. The number of anilines is 1. The van der Waals surface area contributed by atoms with Crippen molar-refractivity contribution in [2.45, 2.75) is 13.3 Å². The minimum atomic E-state index is -4.76. The molecule has 0 aliphatic heterocycles. The molecule has 0 saturated carbocycles. The van der Waals surface area contributed by atoms with Gasteiger partial charge in [0, 0.05) is 24.2 Å². The first-order valence-electron chi connectivity index (χ1n) is 6.92. The number of nitrogens with zero attached hydrogens (tertiary/aromatic N) is 2. The van der Waals surface area contributed by atoms with Crippen molar-refractivity contribution in [3.8, 4) is 5.75 Å². The van der Waals surface area contributed by atoms with Gasteiger partial charge in [0.15, 0.2) is 0 Å². The molecule has 0 aliphatic carbocycles. The highest BCUT2D eigenvalue weighted by atomic mass is 19.4. The molecule has 0 radical (unpaired) electrons. The molecule has 2 heterocycles. The van der Waals surface area contributed by atoms with Gasteiger partial charge in [0.25, 0.3) is 5.91 Å². The number of pyridine rings is 1. The van der Waals surface area contributed by atoms with E-state index in [0.29, 0.717) is 5.69 Å². The zero-order chi connectivity index (χ0) is 17.3. The van der Waals surface area contributed by atoms with Crippen molar-refractivity contribution in [3.63, 3.8) is 0 Å². The molecule has 1 amide bonds. The van der Waals surface area contributed by atoms with E-state index in [0.717, 1.165) is 23.3 Å². The normalized spacial score (nSPS) is 11.5. The van der Waals surface area contributed by atoms with E-state index < -0.39 is 12.3 Å². The highest BCUT2D eigenvalue weighted by molar-refractivity contribution is 6.04. The molecule has 5 nitrogen and oxygen atoms in total. The molecule has 0 unspecified atom stereocenters. The fourth-order valence-corrected chi connectivity index (χ4v) is 2.29. The Morgan fingerprint density at radius 2 is 1.96 bits per heavy atom. The Kier molecular flexibility index (Phi) is 3.88. The maximum absolute atomic E-state index is 12.2.